The van der Waals surface area contributed by atoms with Crippen molar-refractivity contribution in [1.29, 1.82) is 0 Å². The standard InChI is InChI=1S/C14H20ClN3O/c1-6-18(8-9(2)3)14(19)12-11(15)7-16-13(17-12)10(4)5/h7,10H,2,6,8H2,1,3-5H3. The van der Waals surface area contributed by atoms with E-state index in [9.17, 15) is 4.79 Å². The SMILES string of the molecule is C=C(C)CN(CC)C(=O)c1nc(C(C)C)ncc1Cl. The van der Waals surface area contributed by atoms with Crippen molar-refractivity contribution < 1.29 is 4.79 Å². The predicted molar refractivity (Wildman–Crippen MR) is 77.5 cm³/mol. The highest BCUT2D eigenvalue weighted by Crippen LogP contribution is 2.18. The quantitative estimate of drug-likeness (QED) is 0.778. The molecular weight excluding hydrogens is 262 g/mol. The molecule has 0 aliphatic heterocycles. The third-order valence-corrected chi connectivity index (χ3v) is 2.89. The van der Waals surface area contributed by atoms with Crippen LogP contribution in [-0.2, 0) is 0 Å². The topological polar surface area (TPSA) is 46.1 Å². The summed E-state index contributed by atoms with van der Waals surface area (Å²) in [6.45, 7) is 12.7. The molecule has 0 aromatic carbocycles. The van der Waals surface area contributed by atoms with E-state index in [1.807, 2.05) is 27.7 Å². The van der Waals surface area contributed by atoms with E-state index >= 15 is 0 Å². The van der Waals surface area contributed by atoms with Crippen molar-refractivity contribution in [2.45, 2.75) is 33.6 Å². The van der Waals surface area contributed by atoms with Gasteiger partial charge in [-0.2, -0.15) is 0 Å². The fraction of sp³-hybridized carbons (Fsp3) is 0.500. The molecule has 4 nitrogen and oxygen atoms in total. The van der Waals surface area contributed by atoms with Crippen LogP contribution in [0.15, 0.2) is 18.3 Å². The minimum atomic E-state index is -0.181. The molecule has 0 bridgehead atoms. The summed E-state index contributed by atoms with van der Waals surface area (Å²) in [5.74, 6) is 0.596. The zero-order chi connectivity index (χ0) is 14.6. The number of halogens is 1. The van der Waals surface area contributed by atoms with Gasteiger partial charge in [0.15, 0.2) is 5.69 Å². The lowest BCUT2D eigenvalue weighted by Gasteiger charge is -2.21. The molecule has 0 radical (unpaired) electrons. The van der Waals surface area contributed by atoms with E-state index in [0.29, 0.717) is 18.9 Å². The first kappa shape index (κ1) is 15.6. The molecule has 1 amide bonds. The highest BCUT2D eigenvalue weighted by molar-refractivity contribution is 6.33. The van der Waals surface area contributed by atoms with Crippen LogP contribution >= 0.6 is 11.6 Å². The van der Waals surface area contributed by atoms with Gasteiger partial charge in [-0.1, -0.05) is 37.6 Å². The Morgan fingerprint density at radius 2 is 2.16 bits per heavy atom. The van der Waals surface area contributed by atoms with Crippen molar-refractivity contribution in [2.24, 2.45) is 0 Å². The molecule has 104 valence electrons. The lowest BCUT2D eigenvalue weighted by atomic mass is 10.2. The van der Waals surface area contributed by atoms with Gasteiger partial charge in [-0.05, 0) is 13.8 Å². The lowest BCUT2D eigenvalue weighted by molar-refractivity contribution is 0.0772. The van der Waals surface area contributed by atoms with Crippen molar-refractivity contribution in [3.63, 3.8) is 0 Å². The van der Waals surface area contributed by atoms with Crippen molar-refractivity contribution >= 4 is 17.5 Å². The largest absolute Gasteiger partial charge is 0.334 e. The van der Waals surface area contributed by atoms with Crippen LogP contribution in [0.4, 0.5) is 0 Å². The normalized spacial score (nSPS) is 10.6. The van der Waals surface area contributed by atoms with E-state index in [0.717, 1.165) is 5.57 Å². The third-order valence-electron chi connectivity index (χ3n) is 2.61. The molecule has 0 unspecified atom stereocenters. The van der Waals surface area contributed by atoms with E-state index in [2.05, 4.69) is 16.5 Å². The summed E-state index contributed by atoms with van der Waals surface area (Å²) in [7, 11) is 0. The second kappa shape index (κ2) is 6.66. The Hall–Kier alpha value is -1.42. The van der Waals surface area contributed by atoms with E-state index in [4.69, 9.17) is 11.6 Å². The van der Waals surface area contributed by atoms with Crippen LogP contribution < -0.4 is 0 Å². The average molecular weight is 282 g/mol. The van der Waals surface area contributed by atoms with Crippen LogP contribution in [0.1, 0.15) is 49.9 Å². The molecular formula is C14H20ClN3O. The van der Waals surface area contributed by atoms with Gasteiger partial charge in [0.1, 0.15) is 5.82 Å². The maximum atomic E-state index is 12.4. The Morgan fingerprint density at radius 1 is 1.53 bits per heavy atom. The summed E-state index contributed by atoms with van der Waals surface area (Å²) < 4.78 is 0. The zero-order valence-electron chi connectivity index (χ0n) is 11.9. The number of carbonyl (C=O) groups excluding carboxylic acids is 1. The molecule has 0 fully saturated rings. The first-order valence-electron chi connectivity index (χ1n) is 6.32. The fourth-order valence-corrected chi connectivity index (χ4v) is 1.78. The molecule has 0 saturated carbocycles. The van der Waals surface area contributed by atoms with Crippen LogP contribution in [0.3, 0.4) is 0 Å². The number of likely N-dealkylation sites (N-methyl/N-ethyl adjacent to an activating group) is 1. The number of hydrogen-bond acceptors (Lipinski definition) is 3. The highest BCUT2D eigenvalue weighted by Gasteiger charge is 2.20. The van der Waals surface area contributed by atoms with Crippen LogP contribution in [0.5, 0.6) is 0 Å². The average Bonchev–Trinajstić information content (AvgIpc) is 2.35. The summed E-state index contributed by atoms with van der Waals surface area (Å²) in [5.41, 5.74) is 1.19. The van der Waals surface area contributed by atoms with E-state index in [-0.39, 0.29) is 22.5 Å². The van der Waals surface area contributed by atoms with E-state index in [1.54, 1.807) is 4.90 Å². The summed E-state index contributed by atoms with van der Waals surface area (Å²) in [6.07, 6.45) is 1.49. The van der Waals surface area contributed by atoms with Gasteiger partial charge < -0.3 is 4.90 Å². The summed E-state index contributed by atoms with van der Waals surface area (Å²) in [6, 6.07) is 0. The minimum absolute atomic E-state index is 0.153. The van der Waals surface area contributed by atoms with Crippen molar-refractivity contribution in [1.82, 2.24) is 14.9 Å². The number of aromatic nitrogens is 2. The maximum absolute atomic E-state index is 12.4. The monoisotopic (exact) mass is 281 g/mol. The number of hydrogen-bond donors (Lipinski definition) is 0. The first-order chi connectivity index (χ1) is 8.86. The molecule has 1 aromatic rings. The predicted octanol–water partition coefficient (Wildman–Crippen LogP) is 3.29. The molecule has 1 rings (SSSR count). The molecule has 1 aromatic heterocycles. The summed E-state index contributed by atoms with van der Waals surface area (Å²) in [5, 5.41) is 0.287. The molecule has 0 aliphatic rings. The Morgan fingerprint density at radius 3 is 2.63 bits per heavy atom. The lowest BCUT2D eigenvalue weighted by Crippen LogP contribution is -2.33. The highest BCUT2D eigenvalue weighted by atomic mass is 35.5. The Bertz CT molecular complexity index is 486. The molecule has 0 atom stereocenters. The van der Waals surface area contributed by atoms with Crippen molar-refractivity contribution in [3.8, 4) is 0 Å². The fourth-order valence-electron chi connectivity index (χ4n) is 1.61. The summed E-state index contributed by atoms with van der Waals surface area (Å²) >= 11 is 6.04. The molecule has 0 aliphatic carbocycles. The Labute approximate surface area is 119 Å². The van der Waals surface area contributed by atoms with Crippen LogP contribution in [0.2, 0.25) is 5.02 Å². The van der Waals surface area contributed by atoms with Gasteiger partial charge in [0, 0.05) is 19.0 Å². The number of nitrogens with zero attached hydrogens (tertiary/aromatic N) is 3. The van der Waals surface area contributed by atoms with E-state index < -0.39 is 0 Å². The first-order valence-corrected chi connectivity index (χ1v) is 6.70. The second-order valence-electron chi connectivity index (χ2n) is 4.86. The van der Waals surface area contributed by atoms with Gasteiger partial charge in [-0.15, -0.1) is 0 Å². The van der Waals surface area contributed by atoms with Gasteiger partial charge in [-0.3, -0.25) is 4.79 Å². The van der Waals surface area contributed by atoms with Crippen molar-refractivity contribution in [3.05, 3.63) is 34.9 Å². The van der Waals surface area contributed by atoms with Gasteiger partial charge in [0.25, 0.3) is 5.91 Å². The van der Waals surface area contributed by atoms with Gasteiger partial charge in [0.2, 0.25) is 0 Å². The molecule has 0 N–H and O–H groups in total. The van der Waals surface area contributed by atoms with E-state index in [1.165, 1.54) is 6.20 Å². The minimum Gasteiger partial charge on any atom is -0.334 e. The smallest absolute Gasteiger partial charge is 0.274 e. The molecule has 1 heterocycles. The molecule has 0 spiro atoms. The van der Waals surface area contributed by atoms with Gasteiger partial charge in [-0.25, -0.2) is 9.97 Å². The second-order valence-corrected chi connectivity index (χ2v) is 5.26. The number of rotatable bonds is 5. The third kappa shape index (κ3) is 4.03. The van der Waals surface area contributed by atoms with Gasteiger partial charge >= 0.3 is 0 Å². The van der Waals surface area contributed by atoms with Crippen LogP contribution in [-0.4, -0.2) is 33.9 Å². The van der Waals surface area contributed by atoms with Crippen LogP contribution in [0.25, 0.3) is 0 Å². The van der Waals surface area contributed by atoms with Crippen molar-refractivity contribution in [2.75, 3.05) is 13.1 Å². The zero-order valence-corrected chi connectivity index (χ0v) is 12.7. The Balaban J connectivity index is 3.09. The molecule has 0 saturated heterocycles. The maximum Gasteiger partial charge on any atom is 0.274 e. The summed E-state index contributed by atoms with van der Waals surface area (Å²) in [4.78, 5) is 22.5. The Kier molecular flexibility index (Phi) is 5.48. The number of amides is 1. The van der Waals surface area contributed by atoms with Gasteiger partial charge in [0.05, 0.1) is 11.2 Å². The van der Waals surface area contributed by atoms with Crippen LogP contribution in [0, 0.1) is 0 Å². The number of carbonyl (C=O) groups is 1. The molecule has 5 heteroatoms. The molecule has 19 heavy (non-hydrogen) atoms.